The Labute approximate surface area is 387 Å². The molecule has 0 saturated carbocycles. The van der Waals surface area contributed by atoms with Crippen LogP contribution in [0.15, 0.2) is 182 Å². The number of hydrogen-bond acceptors (Lipinski definition) is 11. The standard InChI is InChI=1S/C55H58O11/c1-56-54-51(60-35-42-26-14-5-15-27-42)49(58-33-40-22-10-3-11-23-40)47(57-32-39-20-8-2-9-21-39)45(64-54)37-63-55-52(61-36-43-28-16-6-17-29-43)50(59-34-41-24-12-4-13-25-41)48-46(65-55)38-62-53(66-48)44-30-18-7-19-31-44/h2-31,45-55H,32-38H2,1H3/t45-,46-,47-,48-,49+,50+,51-,52+,53-,54+,55-/m1/s1. The molecule has 3 saturated heterocycles. The van der Waals surface area contributed by atoms with E-state index in [-0.39, 0.29) is 19.8 Å². The van der Waals surface area contributed by atoms with Gasteiger partial charge in [-0.25, -0.2) is 0 Å². The summed E-state index contributed by atoms with van der Waals surface area (Å²) in [5.41, 5.74) is 5.91. The minimum Gasteiger partial charge on any atom is -0.368 e. The quantitative estimate of drug-likeness (QED) is 0.0734. The summed E-state index contributed by atoms with van der Waals surface area (Å²) in [4.78, 5) is 0. The lowest BCUT2D eigenvalue weighted by Crippen LogP contribution is -2.65. The maximum atomic E-state index is 6.92. The van der Waals surface area contributed by atoms with Crippen LogP contribution >= 0.6 is 0 Å². The van der Waals surface area contributed by atoms with Gasteiger partial charge in [0.1, 0.15) is 48.8 Å². The highest BCUT2D eigenvalue weighted by atomic mass is 16.8. The molecule has 3 aliphatic rings. The van der Waals surface area contributed by atoms with E-state index in [2.05, 4.69) is 0 Å². The monoisotopic (exact) mass is 894 g/mol. The number of fused-ring (bicyclic) bond motifs is 1. The number of rotatable bonds is 20. The van der Waals surface area contributed by atoms with Gasteiger partial charge in [-0.1, -0.05) is 182 Å². The van der Waals surface area contributed by atoms with E-state index in [1.165, 1.54) is 0 Å². The molecule has 3 heterocycles. The highest BCUT2D eigenvalue weighted by Gasteiger charge is 2.54. The first-order chi connectivity index (χ1) is 32.7. The molecule has 0 unspecified atom stereocenters. The van der Waals surface area contributed by atoms with Gasteiger partial charge >= 0.3 is 0 Å². The predicted octanol–water partition coefficient (Wildman–Crippen LogP) is 9.14. The molecule has 0 aromatic heterocycles. The van der Waals surface area contributed by atoms with Gasteiger partial charge in [0.15, 0.2) is 18.9 Å². The molecule has 66 heavy (non-hydrogen) atoms. The van der Waals surface area contributed by atoms with Crippen molar-refractivity contribution in [3.8, 4) is 0 Å². The van der Waals surface area contributed by atoms with Gasteiger partial charge in [-0.3, -0.25) is 0 Å². The summed E-state index contributed by atoms with van der Waals surface area (Å²) in [7, 11) is 1.61. The van der Waals surface area contributed by atoms with E-state index >= 15 is 0 Å². The average Bonchev–Trinajstić information content (AvgIpc) is 3.39. The summed E-state index contributed by atoms with van der Waals surface area (Å²) >= 11 is 0. The van der Waals surface area contributed by atoms with Crippen molar-refractivity contribution in [1.82, 2.24) is 0 Å². The van der Waals surface area contributed by atoms with E-state index in [9.17, 15) is 0 Å². The molecule has 0 aliphatic carbocycles. The third kappa shape index (κ3) is 12.1. The number of benzene rings is 6. The van der Waals surface area contributed by atoms with Crippen LogP contribution in [0.25, 0.3) is 0 Å². The first-order valence-corrected chi connectivity index (χ1v) is 22.7. The highest BCUT2D eigenvalue weighted by molar-refractivity contribution is 5.19. The highest BCUT2D eigenvalue weighted by Crippen LogP contribution is 2.38. The summed E-state index contributed by atoms with van der Waals surface area (Å²) in [6.45, 7) is 1.76. The number of methoxy groups -OCH3 is 1. The molecule has 11 nitrogen and oxygen atoms in total. The topological polar surface area (TPSA) is 102 Å². The second-order valence-corrected chi connectivity index (χ2v) is 16.6. The molecule has 9 rings (SSSR count). The smallest absolute Gasteiger partial charge is 0.187 e. The van der Waals surface area contributed by atoms with Crippen LogP contribution in [0.4, 0.5) is 0 Å². The fourth-order valence-electron chi connectivity index (χ4n) is 8.62. The Balaban J connectivity index is 1.02. The zero-order chi connectivity index (χ0) is 44.8. The zero-order valence-electron chi connectivity index (χ0n) is 37.1. The molecular formula is C55H58O11. The fourth-order valence-corrected chi connectivity index (χ4v) is 8.62. The molecule has 0 N–H and O–H groups in total. The average molecular weight is 895 g/mol. The van der Waals surface area contributed by atoms with Gasteiger partial charge in [0.05, 0.1) is 46.2 Å². The summed E-state index contributed by atoms with van der Waals surface area (Å²) in [6, 6.07) is 60.1. The van der Waals surface area contributed by atoms with E-state index in [0.717, 1.165) is 33.4 Å². The van der Waals surface area contributed by atoms with Gasteiger partial charge in [0.2, 0.25) is 0 Å². The molecule has 6 aromatic carbocycles. The van der Waals surface area contributed by atoms with Gasteiger partial charge < -0.3 is 52.1 Å². The van der Waals surface area contributed by atoms with Crippen LogP contribution in [-0.4, -0.2) is 81.7 Å². The van der Waals surface area contributed by atoms with E-state index in [0.29, 0.717) is 26.4 Å². The van der Waals surface area contributed by atoms with Crippen LogP contribution in [0.3, 0.4) is 0 Å². The Hall–Kier alpha value is -5.12. The normalized spacial score (nSPS) is 27.5. The van der Waals surface area contributed by atoms with E-state index in [4.69, 9.17) is 52.1 Å². The summed E-state index contributed by atoms with van der Waals surface area (Å²) in [6.07, 6.45) is -7.59. The molecule has 0 radical (unpaired) electrons. The molecule has 0 spiro atoms. The first-order valence-electron chi connectivity index (χ1n) is 22.7. The van der Waals surface area contributed by atoms with Gasteiger partial charge in [0, 0.05) is 12.7 Å². The molecule has 3 aliphatic heterocycles. The Morgan fingerprint density at radius 1 is 0.394 bits per heavy atom. The molecule has 11 atom stereocenters. The maximum absolute atomic E-state index is 6.92. The lowest BCUT2D eigenvalue weighted by atomic mass is 9.96. The van der Waals surface area contributed by atoms with E-state index in [1.54, 1.807) is 7.11 Å². The lowest BCUT2D eigenvalue weighted by molar-refractivity contribution is -0.379. The summed E-state index contributed by atoms with van der Waals surface area (Å²) in [5.74, 6) is 0. The van der Waals surface area contributed by atoms with Crippen LogP contribution in [0.5, 0.6) is 0 Å². The van der Waals surface area contributed by atoms with Crippen LogP contribution < -0.4 is 0 Å². The molecule has 11 heteroatoms. The van der Waals surface area contributed by atoms with Crippen molar-refractivity contribution in [3.05, 3.63) is 215 Å². The molecule has 344 valence electrons. The van der Waals surface area contributed by atoms with Gasteiger partial charge in [-0.15, -0.1) is 0 Å². The Bertz CT molecular complexity index is 2170. The van der Waals surface area contributed by atoms with Crippen molar-refractivity contribution in [2.45, 2.75) is 101 Å². The van der Waals surface area contributed by atoms with Crippen LogP contribution in [-0.2, 0) is 85.1 Å². The minimum absolute atomic E-state index is 0.0168. The van der Waals surface area contributed by atoms with Crippen LogP contribution in [0.1, 0.15) is 39.7 Å². The molecule has 6 aromatic rings. The molecular weight excluding hydrogens is 837 g/mol. The molecule has 0 bridgehead atoms. The van der Waals surface area contributed by atoms with Crippen molar-refractivity contribution in [2.24, 2.45) is 0 Å². The number of ether oxygens (including phenoxy) is 11. The van der Waals surface area contributed by atoms with Gasteiger partial charge in [-0.2, -0.15) is 0 Å². The van der Waals surface area contributed by atoms with Gasteiger partial charge in [-0.05, 0) is 27.8 Å². The van der Waals surface area contributed by atoms with E-state index in [1.807, 2.05) is 182 Å². The third-order valence-corrected chi connectivity index (χ3v) is 12.0. The maximum Gasteiger partial charge on any atom is 0.187 e. The molecule has 3 fully saturated rings. The number of hydrogen-bond donors (Lipinski definition) is 0. The zero-order valence-corrected chi connectivity index (χ0v) is 37.1. The van der Waals surface area contributed by atoms with Crippen molar-refractivity contribution >= 4 is 0 Å². The van der Waals surface area contributed by atoms with Crippen molar-refractivity contribution < 1.29 is 52.1 Å². The Morgan fingerprint density at radius 2 is 0.788 bits per heavy atom. The Morgan fingerprint density at radius 3 is 1.24 bits per heavy atom. The van der Waals surface area contributed by atoms with Crippen molar-refractivity contribution in [3.63, 3.8) is 0 Å². The minimum atomic E-state index is -0.939. The van der Waals surface area contributed by atoms with Crippen molar-refractivity contribution in [1.29, 1.82) is 0 Å². The van der Waals surface area contributed by atoms with Gasteiger partial charge in [0.25, 0.3) is 0 Å². The molecule has 0 amide bonds. The van der Waals surface area contributed by atoms with Crippen LogP contribution in [0, 0.1) is 0 Å². The fraction of sp³-hybridized carbons (Fsp3) is 0.345. The SMILES string of the molecule is CO[C@H]1O[C@H](CO[C@@H]2O[C@@H]3CO[C@@H](c4ccccc4)O[C@H]3[C@H](OCc3ccccc3)[C@@H]2OCc2ccccc2)[C@@H](OCc2ccccc2)[C@H](OCc2ccccc2)[C@H]1OCc1ccccc1. The summed E-state index contributed by atoms with van der Waals surface area (Å²) < 4.78 is 73.9. The second-order valence-electron chi connectivity index (χ2n) is 16.6. The first kappa shape index (κ1) is 46.0. The largest absolute Gasteiger partial charge is 0.368 e. The Kier molecular flexibility index (Phi) is 16.4. The van der Waals surface area contributed by atoms with Crippen LogP contribution in [0.2, 0.25) is 0 Å². The van der Waals surface area contributed by atoms with E-state index < -0.39 is 67.7 Å². The predicted molar refractivity (Wildman–Crippen MR) is 245 cm³/mol. The van der Waals surface area contributed by atoms with Crippen molar-refractivity contribution in [2.75, 3.05) is 20.3 Å². The second kappa shape index (κ2) is 23.6. The lowest BCUT2D eigenvalue weighted by Gasteiger charge is -2.49. The summed E-state index contributed by atoms with van der Waals surface area (Å²) in [5, 5.41) is 0. The third-order valence-electron chi connectivity index (χ3n) is 12.0.